The van der Waals surface area contributed by atoms with Gasteiger partial charge in [0.1, 0.15) is 11.6 Å². The highest BCUT2D eigenvalue weighted by molar-refractivity contribution is 5.95. The van der Waals surface area contributed by atoms with Gasteiger partial charge in [0, 0.05) is 32.9 Å². The summed E-state index contributed by atoms with van der Waals surface area (Å²) in [6.45, 7) is 1.72. The lowest BCUT2D eigenvalue weighted by molar-refractivity contribution is -0.153. The normalized spacial score (nSPS) is 19.4. The van der Waals surface area contributed by atoms with E-state index < -0.39 is 23.4 Å². The Bertz CT molecular complexity index is 874. The van der Waals surface area contributed by atoms with Crippen LogP contribution in [-0.4, -0.2) is 42.6 Å². The van der Waals surface area contributed by atoms with Crippen molar-refractivity contribution in [3.05, 3.63) is 35.4 Å². The number of anilines is 2. The van der Waals surface area contributed by atoms with Crippen molar-refractivity contribution in [3.63, 3.8) is 0 Å². The second-order valence-electron chi connectivity index (χ2n) is 7.80. The third kappa shape index (κ3) is 5.43. The highest BCUT2D eigenvalue weighted by Crippen LogP contribution is 2.34. The van der Waals surface area contributed by atoms with Gasteiger partial charge in [0.05, 0.1) is 5.56 Å². The maximum atomic E-state index is 13.0. The van der Waals surface area contributed by atoms with Crippen molar-refractivity contribution >= 4 is 17.7 Å². The molecule has 1 amide bonds. The number of aromatic nitrogens is 2. The quantitative estimate of drug-likeness (QED) is 0.731. The Kier molecular flexibility index (Phi) is 6.52. The van der Waals surface area contributed by atoms with Crippen LogP contribution in [0.25, 0.3) is 0 Å². The number of aryl methyl sites for hydroxylation is 1. The first-order chi connectivity index (χ1) is 14.1. The number of carbonyl (C=O) groups excluding carboxylic acids is 1. The van der Waals surface area contributed by atoms with Gasteiger partial charge in [0.2, 0.25) is 11.7 Å². The van der Waals surface area contributed by atoms with E-state index in [1.54, 1.807) is 6.20 Å². The van der Waals surface area contributed by atoms with Crippen molar-refractivity contribution in [1.82, 2.24) is 15.3 Å². The number of carbonyl (C=O) groups is 1. The van der Waals surface area contributed by atoms with Crippen molar-refractivity contribution in [2.45, 2.75) is 44.8 Å². The van der Waals surface area contributed by atoms with E-state index in [4.69, 9.17) is 0 Å². The Morgan fingerprint density at radius 2 is 1.97 bits per heavy atom. The molecule has 0 atom stereocenters. The topological polar surface area (TPSA) is 83.3 Å². The molecule has 0 spiro atoms. The number of furan rings is 1. The van der Waals surface area contributed by atoms with Crippen molar-refractivity contribution in [3.8, 4) is 0 Å². The molecule has 0 bridgehead atoms. The Labute approximate surface area is 173 Å². The van der Waals surface area contributed by atoms with E-state index >= 15 is 0 Å². The van der Waals surface area contributed by atoms with E-state index in [1.165, 1.54) is 6.92 Å². The molecule has 1 saturated carbocycles. The number of nitrogens with zero attached hydrogens (tertiary/aromatic N) is 3. The van der Waals surface area contributed by atoms with Gasteiger partial charge in [-0.15, -0.1) is 0 Å². The van der Waals surface area contributed by atoms with Crippen LogP contribution in [-0.2, 0) is 6.18 Å². The van der Waals surface area contributed by atoms with Crippen LogP contribution < -0.4 is 15.5 Å². The number of amides is 1. The Hall–Kier alpha value is -2.78. The molecule has 0 aliphatic heterocycles. The van der Waals surface area contributed by atoms with Crippen molar-refractivity contribution in [2.24, 2.45) is 5.92 Å². The molecule has 0 radical (unpaired) electrons. The Balaban J connectivity index is 1.49. The first-order valence-electron chi connectivity index (χ1n) is 9.86. The summed E-state index contributed by atoms with van der Waals surface area (Å²) in [4.78, 5) is 22.9. The maximum Gasteiger partial charge on any atom is 0.450 e. The van der Waals surface area contributed by atoms with Gasteiger partial charge in [0.25, 0.3) is 5.91 Å². The van der Waals surface area contributed by atoms with E-state index in [0.29, 0.717) is 12.5 Å². The molecule has 7 nitrogen and oxygen atoms in total. The lowest BCUT2D eigenvalue weighted by atomic mass is 9.86. The number of hydrogen-bond acceptors (Lipinski definition) is 6. The third-order valence-electron chi connectivity index (χ3n) is 5.19. The third-order valence-corrected chi connectivity index (χ3v) is 5.19. The summed E-state index contributed by atoms with van der Waals surface area (Å²) in [5.74, 6) is -0.341. The van der Waals surface area contributed by atoms with Crippen LogP contribution in [0, 0.1) is 12.8 Å². The molecular weight excluding hydrogens is 399 g/mol. The summed E-state index contributed by atoms with van der Waals surface area (Å²) in [7, 11) is 3.82. The van der Waals surface area contributed by atoms with Gasteiger partial charge in [-0.05, 0) is 50.7 Å². The summed E-state index contributed by atoms with van der Waals surface area (Å²) < 4.78 is 43.7. The van der Waals surface area contributed by atoms with E-state index in [-0.39, 0.29) is 17.7 Å². The fourth-order valence-corrected chi connectivity index (χ4v) is 3.59. The van der Waals surface area contributed by atoms with Gasteiger partial charge in [0.15, 0.2) is 0 Å². The second kappa shape index (κ2) is 8.93. The van der Waals surface area contributed by atoms with Gasteiger partial charge in [-0.3, -0.25) is 4.79 Å². The summed E-state index contributed by atoms with van der Waals surface area (Å²) in [5, 5.41) is 5.97. The fourth-order valence-electron chi connectivity index (χ4n) is 3.59. The summed E-state index contributed by atoms with van der Waals surface area (Å²) in [5.41, 5.74) is -0.465. The van der Waals surface area contributed by atoms with Crippen LogP contribution in [0.5, 0.6) is 0 Å². The van der Waals surface area contributed by atoms with Gasteiger partial charge in [-0.2, -0.15) is 18.2 Å². The molecule has 3 rings (SSSR count). The van der Waals surface area contributed by atoms with Crippen LogP contribution in [0.4, 0.5) is 24.9 Å². The van der Waals surface area contributed by atoms with Gasteiger partial charge in [-0.25, -0.2) is 4.98 Å². The Morgan fingerprint density at radius 3 is 2.60 bits per heavy atom. The van der Waals surface area contributed by atoms with Crippen molar-refractivity contribution in [2.75, 3.05) is 30.9 Å². The molecule has 2 N–H and O–H groups in total. The van der Waals surface area contributed by atoms with E-state index in [2.05, 4.69) is 25.0 Å². The molecule has 1 fully saturated rings. The van der Waals surface area contributed by atoms with Crippen molar-refractivity contribution in [1.29, 1.82) is 0 Å². The number of halogens is 3. The van der Waals surface area contributed by atoms with Crippen LogP contribution in [0.1, 0.15) is 47.6 Å². The highest BCUT2D eigenvalue weighted by Gasteiger charge is 2.40. The standard InChI is InChI=1S/C20H26F3N5O2/c1-12-10-15(17(30-12)20(21,22)23)18(29)25-11-13-4-6-14(7-5-13)26-19-24-9-8-16(27-19)28(2)3/h8-10,13-14H,4-7,11H2,1-3H3,(H,25,29)(H,24,26,27). The fraction of sp³-hybridized carbons (Fsp3) is 0.550. The molecule has 0 aromatic carbocycles. The molecule has 2 heterocycles. The molecule has 10 heteroatoms. The zero-order valence-corrected chi connectivity index (χ0v) is 17.2. The molecule has 2 aromatic rings. The molecule has 0 unspecified atom stereocenters. The minimum atomic E-state index is -4.70. The molecule has 164 valence electrons. The van der Waals surface area contributed by atoms with Crippen LogP contribution >= 0.6 is 0 Å². The smallest absolute Gasteiger partial charge is 0.450 e. The first kappa shape index (κ1) is 21.9. The molecule has 30 heavy (non-hydrogen) atoms. The molecule has 0 saturated heterocycles. The van der Waals surface area contributed by atoms with Crippen LogP contribution in [0.3, 0.4) is 0 Å². The summed E-state index contributed by atoms with van der Waals surface area (Å²) >= 11 is 0. The Morgan fingerprint density at radius 1 is 1.27 bits per heavy atom. The minimum Gasteiger partial charge on any atom is -0.456 e. The molecule has 2 aromatic heterocycles. The van der Waals surface area contributed by atoms with Crippen molar-refractivity contribution < 1.29 is 22.4 Å². The van der Waals surface area contributed by atoms with Gasteiger partial charge in [-0.1, -0.05) is 0 Å². The lowest BCUT2D eigenvalue weighted by Crippen LogP contribution is -2.34. The zero-order valence-electron chi connectivity index (χ0n) is 17.2. The molecular formula is C20H26F3N5O2. The summed E-state index contributed by atoms with van der Waals surface area (Å²) in [6, 6.07) is 3.18. The average molecular weight is 425 g/mol. The monoisotopic (exact) mass is 425 g/mol. The predicted octanol–water partition coefficient (Wildman–Crippen LogP) is 3.86. The zero-order chi connectivity index (χ0) is 21.9. The van der Waals surface area contributed by atoms with Crippen LogP contribution in [0.2, 0.25) is 0 Å². The SMILES string of the molecule is Cc1cc(C(=O)NCC2CCC(Nc3nccc(N(C)C)n3)CC2)c(C(F)(F)F)o1. The number of rotatable bonds is 6. The number of alkyl halides is 3. The summed E-state index contributed by atoms with van der Waals surface area (Å²) in [6.07, 6.45) is 0.447. The van der Waals surface area contributed by atoms with Gasteiger partial charge < -0.3 is 20.0 Å². The second-order valence-corrected chi connectivity index (χ2v) is 7.80. The minimum absolute atomic E-state index is 0.0552. The first-order valence-corrected chi connectivity index (χ1v) is 9.86. The largest absolute Gasteiger partial charge is 0.456 e. The van der Waals surface area contributed by atoms with E-state index in [1.807, 2.05) is 25.1 Å². The predicted molar refractivity (Wildman–Crippen MR) is 107 cm³/mol. The lowest BCUT2D eigenvalue weighted by Gasteiger charge is -2.29. The number of hydrogen-bond donors (Lipinski definition) is 2. The molecule has 1 aliphatic rings. The maximum absolute atomic E-state index is 13.0. The van der Waals surface area contributed by atoms with E-state index in [9.17, 15) is 18.0 Å². The average Bonchev–Trinajstić information content (AvgIpc) is 3.10. The van der Waals surface area contributed by atoms with E-state index in [0.717, 1.165) is 37.6 Å². The molecule has 1 aliphatic carbocycles. The highest BCUT2D eigenvalue weighted by atomic mass is 19.4. The van der Waals surface area contributed by atoms with Crippen LogP contribution in [0.15, 0.2) is 22.7 Å². The van der Waals surface area contributed by atoms with Gasteiger partial charge >= 0.3 is 6.18 Å². The number of nitrogens with one attached hydrogen (secondary N) is 2.